The number of nitrogens with zero attached hydrogens (tertiary/aromatic N) is 2. The predicted molar refractivity (Wildman–Crippen MR) is 120 cm³/mol. The second kappa shape index (κ2) is 10.7. The highest BCUT2D eigenvalue weighted by Crippen LogP contribution is 2.20. The molecule has 3 aromatic rings. The van der Waals surface area contributed by atoms with E-state index in [4.69, 9.17) is 16.3 Å². The zero-order chi connectivity index (χ0) is 23.1. The Labute approximate surface area is 190 Å². The standard InChI is InChI=1S/C24H23ClFN3O3/c1-16-20(17(2)29(28-16)14-19-8-3-5-9-21(19)25)11-12-24(31)32-15-23(30)27-13-18-7-4-6-10-22(18)26/h3-12H,13-15H2,1-2H3,(H,27,30)/b12-11+. The Bertz CT molecular complexity index is 1160. The molecule has 3 rings (SSSR count). The van der Waals surface area contributed by atoms with Crippen LogP contribution >= 0.6 is 11.6 Å². The number of carbonyl (C=O) groups is 2. The van der Waals surface area contributed by atoms with Crippen LogP contribution in [-0.4, -0.2) is 28.3 Å². The van der Waals surface area contributed by atoms with Crippen molar-refractivity contribution in [1.82, 2.24) is 15.1 Å². The van der Waals surface area contributed by atoms with Crippen LogP contribution in [0.2, 0.25) is 5.02 Å². The van der Waals surface area contributed by atoms with E-state index < -0.39 is 24.3 Å². The van der Waals surface area contributed by atoms with E-state index in [-0.39, 0.29) is 6.54 Å². The molecule has 8 heteroatoms. The average Bonchev–Trinajstić information content (AvgIpc) is 3.04. The number of aromatic nitrogens is 2. The second-order valence-electron chi connectivity index (χ2n) is 7.14. The smallest absolute Gasteiger partial charge is 0.331 e. The van der Waals surface area contributed by atoms with E-state index in [2.05, 4.69) is 10.4 Å². The molecule has 1 N–H and O–H groups in total. The number of aryl methyl sites for hydroxylation is 1. The number of hydrogen-bond donors (Lipinski definition) is 1. The van der Waals surface area contributed by atoms with Crippen LogP contribution < -0.4 is 5.32 Å². The maximum Gasteiger partial charge on any atom is 0.331 e. The van der Waals surface area contributed by atoms with Gasteiger partial charge in [0.2, 0.25) is 0 Å². The monoisotopic (exact) mass is 455 g/mol. The number of hydrogen-bond acceptors (Lipinski definition) is 4. The van der Waals surface area contributed by atoms with Crippen LogP contribution in [-0.2, 0) is 27.4 Å². The van der Waals surface area contributed by atoms with Gasteiger partial charge in [0, 0.05) is 34.5 Å². The van der Waals surface area contributed by atoms with Crippen LogP contribution in [0.1, 0.15) is 28.1 Å². The largest absolute Gasteiger partial charge is 0.452 e. The number of carbonyl (C=O) groups excluding carboxylic acids is 2. The van der Waals surface area contributed by atoms with E-state index in [1.54, 1.807) is 24.3 Å². The van der Waals surface area contributed by atoms with Crippen molar-refractivity contribution >= 4 is 29.6 Å². The summed E-state index contributed by atoms with van der Waals surface area (Å²) in [5.74, 6) is -1.59. The Balaban J connectivity index is 1.54. The molecule has 0 saturated carbocycles. The third-order valence-corrected chi connectivity index (χ3v) is 5.25. The molecular formula is C24H23ClFN3O3. The lowest BCUT2D eigenvalue weighted by molar-refractivity contribution is -0.143. The Morgan fingerprint density at radius 3 is 2.53 bits per heavy atom. The quantitative estimate of drug-likeness (QED) is 0.408. The molecule has 0 aliphatic heterocycles. The van der Waals surface area contributed by atoms with Crippen molar-refractivity contribution in [3.63, 3.8) is 0 Å². The first-order valence-corrected chi connectivity index (χ1v) is 10.4. The van der Waals surface area contributed by atoms with Crippen LogP contribution in [0.5, 0.6) is 0 Å². The van der Waals surface area contributed by atoms with Crippen molar-refractivity contribution in [2.45, 2.75) is 26.9 Å². The zero-order valence-electron chi connectivity index (χ0n) is 17.8. The number of amides is 1. The van der Waals surface area contributed by atoms with Gasteiger partial charge in [-0.2, -0.15) is 5.10 Å². The van der Waals surface area contributed by atoms with Gasteiger partial charge in [-0.25, -0.2) is 9.18 Å². The van der Waals surface area contributed by atoms with Gasteiger partial charge in [-0.3, -0.25) is 9.48 Å². The molecule has 1 aromatic heterocycles. The Kier molecular flexibility index (Phi) is 7.78. The van der Waals surface area contributed by atoms with Crippen LogP contribution in [0.4, 0.5) is 4.39 Å². The van der Waals surface area contributed by atoms with Crippen LogP contribution in [0, 0.1) is 19.7 Å². The first kappa shape index (κ1) is 23.2. The molecule has 0 atom stereocenters. The summed E-state index contributed by atoms with van der Waals surface area (Å²) in [6.07, 6.45) is 2.86. The van der Waals surface area contributed by atoms with E-state index in [1.807, 2.05) is 42.8 Å². The minimum absolute atomic E-state index is 0.0158. The maximum atomic E-state index is 13.6. The number of nitrogens with one attached hydrogen (secondary N) is 1. The number of benzene rings is 2. The lowest BCUT2D eigenvalue weighted by Gasteiger charge is -2.07. The molecule has 0 unspecified atom stereocenters. The van der Waals surface area contributed by atoms with Gasteiger partial charge in [0.05, 0.1) is 12.2 Å². The van der Waals surface area contributed by atoms with E-state index in [9.17, 15) is 14.0 Å². The zero-order valence-corrected chi connectivity index (χ0v) is 18.5. The molecule has 0 fully saturated rings. The van der Waals surface area contributed by atoms with Crippen molar-refractivity contribution in [1.29, 1.82) is 0 Å². The van der Waals surface area contributed by atoms with Crippen molar-refractivity contribution < 1.29 is 18.7 Å². The van der Waals surface area contributed by atoms with Crippen molar-refractivity contribution in [2.24, 2.45) is 0 Å². The minimum Gasteiger partial charge on any atom is -0.452 e. The summed E-state index contributed by atoms with van der Waals surface area (Å²) in [5.41, 5.74) is 3.70. The van der Waals surface area contributed by atoms with Gasteiger partial charge in [-0.1, -0.05) is 48.0 Å². The molecular weight excluding hydrogens is 433 g/mol. The highest BCUT2D eigenvalue weighted by molar-refractivity contribution is 6.31. The predicted octanol–water partition coefficient (Wildman–Crippen LogP) is 4.21. The first-order valence-electron chi connectivity index (χ1n) is 9.97. The lowest BCUT2D eigenvalue weighted by atomic mass is 10.1. The van der Waals surface area contributed by atoms with Gasteiger partial charge in [0.15, 0.2) is 6.61 Å². The Hall–Kier alpha value is -3.45. The van der Waals surface area contributed by atoms with Gasteiger partial charge in [0.25, 0.3) is 5.91 Å². The van der Waals surface area contributed by atoms with Gasteiger partial charge < -0.3 is 10.1 Å². The van der Waals surface area contributed by atoms with E-state index in [0.29, 0.717) is 17.1 Å². The van der Waals surface area contributed by atoms with Crippen LogP contribution in [0.25, 0.3) is 6.08 Å². The summed E-state index contributed by atoms with van der Waals surface area (Å²) in [6, 6.07) is 13.7. The molecule has 1 amide bonds. The molecule has 2 aromatic carbocycles. The Morgan fingerprint density at radius 1 is 1.12 bits per heavy atom. The van der Waals surface area contributed by atoms with E-state index >= 15 is 0 Å². The minimum atomic E-state index is -0.663. The first-order chi connectivity index (χ1) is 15.3. The van der Waals surface area contributed by atoms with Crippen molar-refractivity contribution in [3.05, 3.63) is 93.5 Å². The molecule has 0 spiro atoms. The summed E-state index contributed by atoms with van der Waals surface area (Å²) in [6.45, 7) is 3.81. The average molecular weight is 456 g/mol. The van der Waals surface area contributed by atoms with Crippen molar-refractivity contribution in [2.75, 3.05) is 6.61 Å². The maximum absolute atomic E-state index is 13.6. The summed E-state index contributed by atoms with van der Waals surface area (Å²) < 4.78 is 20.3. The molecule has 0 radical (unpaired) electrons. The number of ether oxygens (including phenoxy) is 1. The van der Waals surface area contributed by atoms with Gasteiger partial charge in [-0.05, 0) is 37.6 Å². The Morgan fingerprint density at radius 2 is 1.81 bits per heavy atom. The molecule has 0 aliphatic carbocycles. The van der Waals surface area contributed by atoms with Gasteiger partial charge in [0.1, 0.15) is 5.82 Å². The molecule has 32 heavy (non-hydrogen) atoms. The summed E-state index contributed by atoms with van der Waals surface area (Å²) in [4.78, 5) is 23.9. The second-order valence-corrected chi connectivity index (χ2v) is 7.55. The molecule has 166 valence electrons. The van der Waals surface area contributed by atoms with E-state index in [0.717, 1.165) is 22.5 Å². The summed E-state index contributed by atoms with van der Waals surface area (Å²) in [5, 5.41) is 7.69. The van der Waals surface area contributed by atoms with Gasteiger partial charge in [-0.15, -0.1) is 0 Å². The van der Waals surface area contributed by atoms with Crippen LogP contribution in [0.15, 0.2) is 54.6 Å². The molecule has 0 aliphatic rings. The topological polar surface area (TPSA) is 73.2 Å². The highest BCUT2D eigenvalue weighted by Gasteiger charge is 2.12. The fraction of sp³-hybridized carbons (Fsp3) is 0.208. The molecule has 6 nitrogen and oxygen atoms in total. The number of esters is 1. The SMILES string of the molecule is Cc1nn(Cc2ccccc2Cl)c(C)c1/C=C/C(=O)OCC(=O)NCc1ccccc1F. The third-order valence-electron chi connectivity index (χ3n) is 4.88. The molecule has 0 bridgehead atoms. The third kappa shape index (κ3) is 6.04. The van der Waals surface area contributed by atoms with Gasteiger partial charge >= 0.3 is 5.97 Å². The molecule has 0 saturated heterocycles. The fourth-order valence-corrected chi connectivity index (χ4v) is 3.31. The van der Waals surface area contributed by atoms with Crippen LogP contribution in [0.3, 0.4) is 0 Å². The fourth-order valence-electron chi connectivity index (χ4n) is 3.12. The molecule has 1 heterocycles. The van der Waals surface area contributed by atoms with Crippen molar-refractivity contribution in [3.8, 4) is 0 Å². The summed E-state index contributed by atoms with van der Waals surface area (Å²) in [7, 11) is 0. The lowest BCUT2D eigenvalue weighted by Crippen LogP contribution is -2.28. The number of halogens is 2. The number of rotatable bonds is 8. The van der Waals surface area contributed by atoms with E-state index in [1.165, 1.54) is 12.1 Å². The normalized spacial score (nSPS) is 11.0. The highest BCUT2D eigenvalue weighted by atomic mass is 35.5. The summed E-state index contributed by atoms with van der Waals surface area (Å²) >= 11 is 6.23.